The van der Waals surface area contributed by atoms with Crippen molar-refractivity contribution in [1.82, 2.24) is 18.7 Å². The number of rotatable bonds is 5. The second kappa shape index (κ2) is 7.51. The Morgan fingerprint density at radius 1 is 1.17 bits per heavy atom. The zero-order chi connectivity index (χ0) is 20.9. The second-order valence-electron chi connectivity index (χ2n) is 7.51. The number of aromatic nitrogens is 4. The van der Waals surface area contributed by atoms with Crippen LogP contribution in [0.2, 0.25) is 10.0 Å². The van der Waals surface area contributed by atoms with Crippen molar-refractivity contribution < 1.29 is 5.11 Å². The van der Waals surface area contributed by atoms with Crippen LogP contribution in [0.1, 0.15) is 18.4 Å². The zero-order valence-corrected chi connectivity index (χ0v) is 17.5. The largest absolute Gasteiger partial charge is 0.396 e. The summed E-state index contributed by atoms with van der Waals surface area (Å²) in [5, 5.41) is 13.3. The summed E-state index contributed by atoms with van der Waals surface area (Å²) in [5.41, 5.74) is 0.491. The Bertz CT molecular complexity index is 1210. The third-order valence-electron chi connectivity index (χ3n) is 5.51. The van der Waals surface area contributed by atoms with E-state index < -0.39 is 11.2 Å². The lowest BCUT2D eigenvalue weighted by Gasteiger charge is -2.34. The maximum absolute atomic E-state index is 13.1. The monoisotopic (exact) mass is 437 g/mol. The number of benzene rings is 1. The van der Waals surface area contributed by atoms with Gasteiger partial charge in [0.05, 0.1) is 16.6 Å². The molecular formula is C19H21Cl2N5O3. The van der Waals surface area contributed by atoms with Gasteiger partial charge in [-0.25, -0.2) is 4.79 Å². The first-order chi connectivity index (χ1) is 13.8. The van der Waals surface area contributed by atoms with E-state index in [9.17, 15) is 14.7 Å². The van der Waals surface area contributed by atoms with E-state index in [1.165, 1.54) is 9.13 Å². The zero-order valence-electron chi connectivity index (χ0n) is 16.0. The average molecular weight is 438 g/mol. The summed E-state index contributed by atoms with van der Waals surface area (Å²) in [6, 6.07) is 5.20. The van der Waals surface area contributed by atoms with Crippen LogP contribution in [0.5, 0.6) is 0 Å². The molecule has 3 aromatic rings. The van der Waals surface area contributed by atoms with E-state index in [0.717, 1.165) is 12.8 Å². The molecule has 0 saturated heterocycles. The normalized spacial score (nSPS) is 18.8. The molecule has 1 aliphatic carbocycles. The number of aryl methyl sites for hydroxylation is 2. The third kappa shape index (κ3) is 3.45. The molecule has 2 aromatic heterocycles. The van der Waals surface area contributed by atoms with Crippen molar-refractivity contribution in [3.05, 3.63) is 54.6 Å². The minimum Gasteiger partial charge on any atom is -0.396 e. The third-order valence-corrected chi connectivity index (χ3v) is 6.25. The molecule has 8 nitrogen and oxygen atoms in total. The van der Waals surface area contributed by atoms with Gasteiger partial charge in [0, 0.05) is 26.7 Å². The fraction of sp³-hybridized carbons (Fsp3) is 0.421. The highest BCUT2D eigenvalue weighted by molar-refractivity contribution is 6.42. The molecule has 0 radical (unpaired) electrons. The van der Waals surface area contributed by atoms with Crippen molar-refractivity contribution in [3.63, 3.8) is 0 Å². The highest BCUT2D eigenvalue weighted by Gasteiger charge is 2.30. The fourth-order valence-electron chi connectivity index (χ4n) is 3.72. The molecule has 1 aromatic carbocycles. The SMILES string of the molecule is Cn1c(NC2CC(CO)C2)nc2c1c(=O)n(Cc1ccc(Cl)c(Cl)c1)c(=O)n2C. The van der Waals surface area contributed by atoms with E-state index in [4.69, 9.17) is 23.2 Å². The first kappa shape index (κ1) is 20.0. The lowest BCUT2D eigenvalue weighted by molar-refractivity contribution is 0.151. The van der Waals surface area contributed by atoms with Crippen LogP contribution in [0, 0.1) is 5.92 Å². The van der Waals surface area contributed by atoms with Gasteiger partial charge in [-0.05, 0) is 36.5 Å². The van der Waals surface area contributed by atoms with Crippen molar-refractivity contribution in [2.24, 2.45) is 20.0 Å². The summed E-state index contributed by atoms with van der Waals surface area (Å²) in [6.45, 7) is 0.252. The molecule has 1 saturated carbocycles. The number of halogens is 2. The fourth-order valence-corrected chi connectivity index (χ4v) is 4.04. The van der Waals surface area contributed by atoms with Gasteiger partial charge in [-0.3, -0.25) is 13.9 Å². The molecule has 1 fully saturated rings. The molecule has 10 heteroatoms. The molecule has 154 valence electrons. The van der Waals surface area contributed by atoms with E-state index >= 15 is 0 Å². The minimum atomic E-state index is -0.456. The Balaban J connectivity index is 1.75. The molecule has 29 heavy (non-hydrogen) atoms. The molecule has 1 aliphatic rings. The van der Waals surface area contributed by atoms with Crippen LogP contribution >= 0.6 is 23.2 Å². The van der Waals surface area contributed by atoms with Crippen molar-refractivity contribution in [3.8, 4) is 0 Å². The van der Waals surface area contributed by atoms with Crippen LogP contribution < -0.4 is 16.6 Å². The predicted octanol–water partition coefficient (Wildman–Crippen LogP) is 1.97. The smallest absolute Gasteiger partial charge is 0.332 e. The van der Waals surface area contributed by atoms with Gasteiger partial charge in [0.15, 0.2) is 11.2 Å². The number of aliphatic hydroxyl groups is 1. The van der Waals surface area contributed by atoms with E-state index in [2.05, 4.69) is 10.3 Å². The van der Waals surface area contributed by atoms with Gasteiger partial charge in [0.25, 0.3) is 5.56 Å². The van der Waals surface area contributed by atoms with Crippen LogP contribution in [0.3, 0.4) is 0 Å². The highest BCUT2D eigenvalue weighted by atomic mass is 35.5. The van der Waals surface area contributed by atoms with E-state index in [1.54, 1.807) is 36.9 Å². The topological polar surface area (TPSA) is 94.1 Å². The van der Waals surface area contributed by atoms with Gasteiger partial charge in [-0.15, -0.1) is 0 Å². The van der Waals surface area contributed by atoms with E-state index in [0.29, 0.717) is 38.6 Å². The predicted molar refractivity (Wildman–Crippen MR) is 113 cm³/mol. The highest BCUT2D eigenvalue weighted by Crippen LogP contribution is 2.29. The maximum atomic E-state index is 13.1. The first-order valence-electron chi connectivity index (χ1n) is 9.27. The Labute approximate surface area is 176 Å². The molecule has 2 N–H and O–H groups in total. The van der Waals surface area contributed by atoms with Gasteiger partial charge < -0.3 is 15.0 Å². The van der Waals surface area contributed by atoms with Crippen molar-refractivity contribution >= 4 is 40.3 Å². The number of aliphatic hydroxyl groups excluding tert-OH is 1. The Kier molecular flexibility index (Phi) is 5.18. The Morgan fingerprint density at radius 3 is 2.55 bits per heavy atom. The lowest BCUT2D eigenvalue weighted by Crippen LogP contribution is -2.39. The Morgan fingerprint density at radius 2 is 1.90 bits per heavy atom. The summed E-state index contributed by atoms with van der Waals surface area (Å²) < 4.78 is 4.21. The van der Waals surface area contributed by atoms with Gasteiger partial charge in [0.1, 0.15) is 0 Å². The van der Waals surface area contributed by atoms with Crippen LogP contribution in [-0.2, 0) is 20.6 Å². The van der Waals surface area contributed by atoms with Crippen molar-refractivity contribution in [2.45, 2.75) is 25.4 Å². The second-order valence-corrected chi connectivity index (χ2v) is 8.32. The molecule has 4 rings (SSSR count). The van der Waals surface area contributed by atoms with E-state index in [1.807, 2.05) is 0 Å². The minimum absolute atomic E-state index is 0.0765. The van der Waals surface area contributed by atoms with E-state index in [-0.39, 0.29) is 19.2 Å². The number of fused-ring (bicyclic) bond motifs is 1. The van der Waals surface area contributed by atoms with Gasteiger partial charge >= 0.3 is 5.69 Å². The van der Waals surface area contributed by atoms with Crippen molar-refractivity contribution in [2.75, 3.05) is 11.9 Å². The molecule has 0 aliphatic heterocycles. The van der Waals surface area contributed by atoms with Gasteiger partial charge in [-0.1, -0.05) is 29.3 Å². The van der Waals surface area contributed by atoms with Crippen LogP contribution in [0.4, 0.5) is 5.95 Å². The first-order valence-corrected chi connectivity index (χ1v) is 10.0. The molecule has 0 amide bonds. The number of imidazole rings is 1. The molecule has 0 spiro atoms. The summed E-state index contributed by atoms with van der Waals surface area (Å²) >= 11 is 12.0. The quantitative estimate of drug-likeness (QED) is 0.636. The standard InChI is InChI=1S/C19H21Cl2N5O3/c1-24-15-16(23-18(24)22-12-5-11(6-12)9-27)25(2)19(29)26(17(15)28)8-10-3-4-13(20)14(21)7-10/h3-4,7,11-12,27H,5-6,8-9H2,1-2H3,(H,22,23). The molecular weight excluding hydrogens is 417 g/mol. The number of hydrogen-bond acceptors (Lipinski definition) is 5. The Hall–Kier alpha value is -2.29. The van der Waals surface area contributed by atoms with Gasteiger partial charge in [0.2, 0.25) is 5.95 Å². The summed E-state index contributed by atoms with van der Waals surface area (Å²) in [4.78, 5) is 30.4. The molecule has 0 bridgehead atoms. The average Bonchev–Trinajstić information content (AvgIpc) is 2.99. The van der Waals surface area contributed by atoms with Gasteiger partial charge in [-0.2, -0.15) is 4.98 Å². The number of nitrogens with one attached hydrogen (secondary N) is 1. The number of hydrogen-bond donors (Lipinski definition) is 2. The molecule has 0 atom stereocenters. The van der Waals surface area contributed by atoms with Crippen LogP contribution in [-0.4, -0.2) is 36.4 Å². The molecule has 0 unspecified atom stereocenters. The van der Waals surface area contributed by atoms with Crippen molar-refractivity contribution in [1.29, 1.82) is 0 Å². The maximum Gasteiger partial charge on any atom is 0.332 e. The number of nitrogens with zero attached hydrogens (tertiary/aromatic N) is 4. The summed E-state index contributed by atoms with van der Waals surface area (Å²) in [5.74, 6) is 0.829. The van der Waals surface area contributed by atoms with Crippen LogP contribution in [0.25, 0.3) is 11.2 Å². The number of anilines is 1. The van der Waals surface area contributed by atoms with Crippen LogP contribution in [0.15, 0.2) is 27.8 Å². The summed E-state index contributed by atoms with van der Waals surface area (Å²) in [7, 11) is 3.34. The summed E-state index contributed by atoms with van der Waals surface area (Å²) in [6.07, 6.45) is 1.69. The lowest BCUT2D eigenvalue weighted by atomic mass is 9.81. The molecule has 2 heterocycles.